The highest BCUT2D eigenvalue weighted by Crippen LogP contribution is 2.47. The van der Waals surface area contributed by atoms with Gasteiger partial charge in [-0.1, -0.05) is 18.9 Å². The Labute approximate surface area is 101 Å². The number of hydrogen-bond acceptors (Lipinski definition) is 3. The minimum atomic E-state index is 0.524. The molecule has 3 N–H and O–H groups in total. The molecule has 86 valence electrons. The summed E-state index contributed by atoms with van der Waals surface area (Å²) in [5.74, 6) is 1.22. The Balaban J connectivity index is 1.89. The van der Waals surface area contributed by atoms with E-state index in [0.717, 1.165) is 12.2 Å². The number of nitrogens with two attached hydrogens (primary N) is 1. The van der Waals surface area contributed by atoms with Crippen molar-refractivity contribution in [3.8, 4) is 0 Å². The van der Waals surface area contributed by atoms with Crippen molar-refractivity contribution in [1.29, 1.82) is 0 Å². The van der Waals surface area contributed by atoms with E-state index >= 15 is 0 Å². The number of hydrogen-bond donors (Lipinski definition) is 2. The quantitative estimate of drug-likeness (QED) is 0.676. The van der Waals surface area contributed by atoms with Crippen LogP contribution in [0.3, 0.4) is 0 Å². The molecule has 0 saturated heterocycles. The van der Waals surface area contributed by atoms with Crippen LogP contribution >= 0.6 is 11.8 Å². The SMILES string of the molecule is Nc1cccc2c1SCC1(CCCC1)CN2. The first-order valence-corrected chi connectivity index (χ1v) is 7.03. The fourth-order valence-corrected chi connectivity index (χ4v) is 4.23. The van der Waals surface area contributed by atoms with Gasteiger partial charge in [-0.25, -0.2) is 0 Å². The van der Waals surface area contributed by atoms with Crippen LogP contribution in [0.25, 0.3) is 0 Å². The van der Waals surface area contributed by atoms with Gasteiger partial charge in [0.2, 0.25) is 0 Å². The van der Waals surface area contributed by atoms with E-state index in [1.165, 1.54) is 42.0 Å². The number of rotatable bonds is 0. The third kappa shape index (κ3) is 1.67. The van der Waals surface area contributed by atoms with Gasteiger partial charge in [0.05, 0.1) is 4.90 Å². The first-order valence-electron chi connectivity index (χ1n) is 6.04. The van der Waals surface area contributed by atoms with E-state index in [1.807, 2.05) is 23.9 Å². The molecular formula is C13H18N2S. The molecular weight excluding hydrogens is 216 g/mol. The van der Waals surface area contributed by atoms with Crippen molar-refractivity contribution in [1.82, 2.24) is 0 Å². The Morgan fingerprint density at radius 3 is 2.88 bits per heavy atom. The Bertz CT molecular complexity index is 397. The third-order valence-corrected chi connectivity index (χ3v) is 5.39. The predicted molar refractivity (Wildman–Crippen MR) is 71.0 cm³/mol. The largest absolute Gasteiger partial charge is 0.398 e. The minimum Gasteiger partial charge on any atom is -0.398 e. The van der Waals surface area contributed by atoms with Gasteiger partial charge in [-0.15, -0.1) is 11.8 Å². The van der Waals surface area contributed by atoms with Crippen LogP contribution in [0.5, 0.6) is 0 Å². The molecule has 2 aliphatic rings. The molecule has 0 bridgehead atoms. The molecule has 3 heteroatoms. The summed E-state index contributed by atoms with van der Waals surface area (Å²) in [7, 11) is 0. The monoisotopic (exact) mass is 234 g/mol. The fraction of sp³-hybridized carbons (Fsp3) is 0.538. The normalized spacial score (nSPS) is 22.5. The van der Waals surface area contributed by atoms with Crippen LogP contribution in [0.15, 0.2) is 23.1 Å². The second-order valence-corrected chi connectivity index (χ2v) is 6.06. The molecule has 2 nitrogen and oxygen atoms in total. The first-order chi connectivity index (χ1) is 7.79. The number of fused-ring (bicyclic) bond motifs is 1. The summed E-state index contributed by atoms with van der Waals surface area (Å²) in [4.78, 5) is 1.26. The Morgan fingerprint density at radius 2 is 2.06 bits per heavy atom. The van der Waals surface area contributed by atoms with Gasteiger partial charge in [0.25, 0.3) is 0 Å². The molecule has 1 aliphatic heterocycles. The summed E-state index contributed by atoms with van der Waals surface area (Å²) in [5, 5.41) is 3.60. The fourth-order valence-electron chi connectivity index (χ4n) is 2.86. The Morgan fingerprint density at radius 1 is 1.25 bits per heavy atom. The number of nitrogen functional groups attached to an aromatic ring is 1. The topological polar surface area (TPSA) is 38.0 Å². The second-order valence-electron chi connectivity index (χ2n) is 5.07. The van der Waals surface area contributed by atoms with Crippen molar-refractivity contribution in [2.45, 2.75) is 30.6 Å². The first kappa shape index (κ1) is 10.3. The highest BCUT2D eigenvalue weighted by Gasteiger charge is 2.35. The number of benzene rings is 1. The lowest BCUT2D eigenvalue weighted by Crippen LogP contribution is -2.27. The second kappa shape index (κ2) is 3.88. The van der Waals surface area contributed by atoms with E-state index in [1.54, 1.807) is 0 Å². The van der Waals surface area contributed by atoms with E-state index in [-0.39, 0.29) is 0 Å². The van der Waals surface area contributed by atoms with Crippen molar-refractivity contribution < 1.29 is 0 Å². The average molecular weight is 234 g/mol. The molecule has 0 amide bonds. The molecule has 0 aromatic heterocycles. The summed E-state index contributed by atoms with van der Waals surface area (Å²) in [6, 6.07) is 6.18. The van der Waals surface area contributed by atoms with E-state index in [0.29, 0.717) is 5.41 Å². The van der Waals surface area contributed by atoms with Crippen molar-refractivity contribution in [3.05, 3.63) is 18.2 Å². The van der Waals surface area contributed by atoms with Gasteiger partial charge >= 0.3 is 0 Å². The molecule has 1 spiro atoms. The van der Waals surface area contributed by atoms with Gasteiger partial charge in [0.15, 0.2) is 0 Å². The van der Waals surface area contributed by atoms with E-state index in [4.69, 9.17) is 5.73 Å². The van der Waals surface area contributed by atoms with Crippen LogP contribution in [0.1, 0.15) is 25.7 Å². The molecule has 3 rings (SSSR count). The summed E-state index contributed by atoms with van der Waals surface area (Å²) < 4.78 is 0. The zero-order valence-electron chi connectivity index (χ0n) is 9.46. The van der Waals surface area contributed by atoms with Gasteiger partial charge in [0.1, 0.15) is 0 Å². The molecule has 1 aliphatic carbocycles. The molecule has 1 heterocycles. The van der Waals surface area contributed by atoms with Crippen LogP contribution in [0.4, 0.5) is 11.4 Å². The van der Waals surface area contributed by atoms with E-state index in [9.17, 15) is 0 Å². The highest BCUT2D eigenvalue weighted by molar-refractivity contribution is 7.99. The number of anilines is 2. The highest BCUT2D eigenvalue weighted by atomic mass is 32.2. The maximum Gasteiger partial charge on any atom is 0.0534 e. The molecule has 1 fully saturated rings. The zero-order chi connectivity index (χ0) is 11.0. The smallest absolute Gasteiger partial charge is 0.0534 e. The number of nitrogens with one attached hydrogen (secondary N) is 1. The van der Waals surface area contributed by atoms with Crippen molar-refractivity contribution in [2.75, 3.05) is 23.3 Å². The van der Waals surface area contributed by atoms with E-state index < -0.39 is 0 Å². The zero-order valence-corrected chi connectivity index (χ0v) is 10.3. The lowest BCUT2D eigenvalue weighted by molar-refractivity contribution is 0.373. The van der Waals surface area contributed by atoms with Gasteiger partial charge in [0, 0.05) is 23.7 Å². The molecule has 0 unspecified atom stereocenters. The lowest BCUT2D eigenvalue weighted by Gasteiger charge is -2.26. The summed E-state index contributed by atoms with van der Waals surface area (Å²) in [6.45, 7) is 1.12. The standard InChI is InChI=1S/C13H18N2S/c14-10-4-3-5-11-12(10)16-9-13(8-15-11)6-1-2-7-13/h3-5,15H,1-2,6-9,14H2. The van der Waals surface area contributed by atoms with Crippen LogP contribution < -0.4 is 11.1 Å². The molecule has 0 radical (unpaired) electrons. The molecule has 1 aromatic rings. The van der Waals surface area contributed by atoms with Crippen LogP contribution in [0.2, 0.25) is 0 Å². The minimum absolute atomic E-state index is 0.524. The van der Waals surface area contributed by atoms with Crippen LogP contribution in [-0.2, 0) is 0 Å². The van der Waals surface area contributed by atoms with Gasteiger partial charge in [-0.05, 0) is 30.4 Å². The summed E-state index contributed by atoms with van der Waals surface area (Å²) >= 11 is 1.94. The Kier molecular flexibility index (Phi) is 2.51. The number of thioether (sulfide) groups is 1. The average Bonchev–Trinajstić information content (AvgIpc) is 2.65. The van der Waals surface area contributed by atoms with Gasteiger partial charge < -0.3 is 11.1 Å². The maximum atomic E-state index is 6.04. The van der Waals surface area contributed by atoms with Crippen molar-refractivity contribution in [3.63, 3.8) is 0 Å². The third-order valence-electron chi connectivity index (χ3n) is 3.89. The Hall–Kier alpha value is -0.830. The van der Waals surface area contributed by atoms with Crippen LogP contribution in [-0.4, -0.2) is 12.3 Å². The maximum absolute atomic E-state index is 6.04. The summed E-state index contributed by atoms with van der Waals surface area (Å²) in [5.41, 5.74) is 8.71. The van der Waals surface area contributed by atoms with Crippen molar-refractivity contribution in [2.24, 2.45) is 5.41 Å². The molecule has 16 heavy (non-hydrogen) atoms. The lowest BCUT2D eigenvalue weighted by atomic mass is 9.88. The molecule has 0 atom stereocenters. The van der Waals surface area contributed by atoms with Crippen molar-refractivity contribution >= 4 is 23.1 Å². The summed E-state index contributed by atoms with van der Waals surface area (Å²) in [6.07, 6.45) is 5.55. The van der Waals surface area contributed by atoms with Gasteiger partial charge in [-0.3, -0.25) is 0 Å². The molecule has 1 saturated carbocycles. The molecule has 1 aromatic carbocycles. The van der Waals surface area contributed by atoms with Gasteiger partial charge in [-0.2, -0.15) is 0 Å². The predicted octanol–water partition coefficient (Wildman–Crippen LogP) is 3.35. The van der Waals surface area contributed by atoms with E-state index in [2.05, 4.69) is 11.4 Å². The van der Waals surface area contributed by atoms with Crippen LogP contribution in [0, 0.1) is 5.41 Å².